The molecular formula is C14H22N2O3S. The lowest BCUT2D eigenvalue weighted by Crippen LogP contribution is -2.54. The molecule has 0 bridgehead atoms. The smallest absolute Gasteiger partial charge is 0.411 e. The standard InChI is InChI=1S/C14H22N2O3S/c1-7-8-15-11(17)10-14(5,6)20-9-16(10)12(18)19-13(2,3)4/h1,10H,8-9H2,2-6H3,(H,15,17)/t10-/m1/s1. The highest BCUT2D eigenvalue weighted by Crippen LogP contribution is 2.39. The van der Waals surface area contributed by atoms with Gasteiger partial charge in [-0.05, 0) is 34.6 Å². The Hall–Kier alpha value is -1.35. The second-order valence-electron chi connectivity index (χ2n) is 6.15. The summed E-state index contributed by atoms with van der Waals surface area (Å²) in [6, 6.07) is -0.587. The van der Waals surface area contributed by atoms with Crippen molar-refractivity contribution < 1.29 is 14.3 Å². The molecule has 1 atom stereocenters. The van der Waals surface area contributed by atoms with Crippen LogP contribution >= 0.6 is 11.8 Å². The second kappa shape index (κ2) is 5.96. The summed E-state index contributed by atoms with van der Waals surface area (Å²) in [5, 5.41) is 2.64. The van der Waals surface area contributed by atoms with Gasteiger partial charge in [0, 0.05) is 4.75 Å². The molecule has 0 aromatic rings. The van der Waals surface area contributed by atoms with Gasteiger partial charge in [-0.25, -0.2) is 4.79 Å². The number of nitrogens with zero attached hydrogens (tertiary/aromatic N) is 1. The number of rotatable bonds is 2. The first kappa shape index (κ1) is 16.7. The van der Waals surface area contributed by atoms with Crippen molar-refractivity contribution in [1.29, 1.82) is 0 Å². The van der Waals surface area contributed by atoms with Gasteiger partial charge in [0.25, 0.3) is 0 Å². The molecule has 1 heterocycles. The molecule has 0 unspecified atom stereocenters. The zero-order chi connectivity index (χ0) is 15.6. The predicted molar refractivity (Wildman–Crippen MR) is 80.2 cm³/mol. The molecule has 5 nitrogen and oxygen atoms in total. The first-order valence-electron chi connectivity index (χ1n) is 6.43. The number of carbonyl (C=O) groups is 2. The van der Waals surface area contributed by atoms with Crippen LogP contribution in [0.1, 0.15) is 34.6 Å². The number of hydrogen-bond donors (Lipinski definition) is 1. The van der Waals surface area contributed by atoms with Gasteiger partial charge in [0.15, 0.2) is 0 Å². The lowest BCUT2D eigenvalue weighted by Gasteiger charge is -2.31. The van der Waals surface area contributed by atoms with Crippen LogP contribution in [-0.2, 0) is 9.53 Å². The van der Waals surface area contributed by atoms with Gasteiger partial charge in [-0.2, -0.15) is 0 Å². The molecule has 0 spiro atoms. The molecule has 1 fully saturated rings. The van der Waals surface area contributed by atoms with E-state index < -0.39 is 17.7 Å². The van der Waals surface area contributed by atoms with Crippen molar-refractivity contribution in [3.63, 3.8) is 0 Å². The van der Waals surface area contributed by atoms with Gasteiger partial charge < -0.3 is 10.1 Å². The molecular weight excluding hydrogens is 276 g/mol. The maximum Gasteiger partial charge on any atom is 0.411 e. The van der Waals surface area contributed by atoms with Crippen LogP contribution in [0.25, 0.3) is 0 Å². The summed E-state index contributed by atoms with van der Waals surface area (Å²) in [7, 11) is 0. The van der Waals surface area contributed by atoms with Crippen molar-refractivity contribution in [1.82, 2.24) is 10.2 Å². The Morgan fingerprint density at radius 2 is 2.10 bits per heavy atom. The molecule has 20 heavy (non-hydrogen) atoms. The molecule has 6 heteroatoms. The van der Waals surface area contributed by atoms with Crippen LogP contribution in [0.15, 0.2) is 0 Å². The third-order valence-corrected chi connectivity index (χ3v) is 4.16. The minimum Gasteiger partial charge on any atom is -0.444 e. The number of carbonyl (C=O) groups excluding carboxylic acids is 2. The summed E-state index contributed by atoms with van der Waals surface area (Å²) < 4.78 is 4.97. The van der Waals surface area contributed by atoms with Crippen LogP contribution in [-0.4, -0.2) is 45.7 Å². The van der Waals surface area contributed by atoms with Crippen molar-refractivity contribution in [3.05, 3.63) is 0 Å². The van der Waals surface area contributed by atoms with Crippen LogP contribution in [0.3, 0.4) is 0 Å². The van der Waals surface area contributed by atoms with E-state index in [1.165, 1.54) is 4.90 Å². The first-order chi connectivity index (χ1) is 9.08. The average Bonchev–Trinajstić information content (AvgIpc) is 2.59. The Morgan fingerprint density at radius 1 is 1.50 bits per heavy atom. The highest BCUT2D eigenvalue weighted by atomic mass is 32.2. The van der Waals surface area contributed by atoms with Gasteiger partial charge in [-0.15, -0.1) is 18.2 Å². The van der Waals surface area contributed by atoms with Gasteiger partial charge >= 0.3 is 6.09 Å². The number of terminal acetylenes is 1. The SMILES string of the molecule is C#CCNC(=O)[C@H]1N(C(=O)OC(C)(C)C)CSC1(C)C. The van der Waals surface area contributed by atoms with Crippen LogP contribution in [0.2, 0.25) is 0 Å². The largest absolute Gasteiger partial charge is 0.444 e. The number of amides is 2. The van der Waals surface area contributed by atoms with Gasteiger partial charge in [0.2, 0.25) is 5.91 Å². The highest BCUT2D eigenvalue weighted by Gasteiger charge is 2.48. The molecule has 0 aliphatic carbocycles. The van der Waals surface area contributed by atoms with Crippen molar-refractivity contribution in [2.24, 2.45) is 0 Å². The monoisotopic (exact) mass is 298 g/mol. The van der Waals surface area contributed by atoms with E-state index >= 15 is 0 Å². The molecule has 2 amide bonds. The van der Waals surface area contributed by atoms with Crippen LogP contribution in [0.4, 0.5) is 4.79 Å². The van der Waals surface area contributed by atoms with Gasteiger partial charge in [-0.1, -0.05) is 5.92 Å². The quantitative estimate of drug-likeness (QED) is 0.790. The Balaban J connectivity index is 2.87. The topological polar surface area (TPSA) is 58.6 Å². The molecule has 112 valence electrons. The zero-order valence-electron chi connectivity index (χ0n) is 12.6. The van der Waals surface area contributed by atoms with Crippen LogP contribution in [0, 0.1) is 12.3 Å². The minimum atomic E-state index is -0.589. The summed E-state index contributed by atoms with van der Waals surface area (Å²) in [5.41, 5.74) is -0.589. The molecule has 1 aliphatic rings. The van der Waals surface area contributed by atoms with Crippen molar-refractivity contribution in [2.75, 3.05) is 12.4 Å². The van der Waals surface area contributed by atoms with E-state index in [1.54, 1.807) is 32.5 Å². The number of thioether (sulfide) groups is 1. The Kier molecular flexibility index (Phi) is 4.98. The van der Waals surface area contributed by atoms with E-state index in [-0.39, 0.29) is 17.2 Å². The fourth-order valence-electron chi connectivity index (χ4n) is 1.94. The fourth-order valence-corrected chi connectivity index (χ4v) is 3.05. The summed E-state index contributed by atoms with van der Waals surface area (Å²) in [5.74, 6) is 2.54. The molecule has 0 aromatic carbocycles. The van der Waals surface area contributed by atoms with Crippen molar-refractivity contribution in [3.8, 4) is 12.3 Å². The van der Waals surface area contributed by atoms with E-state index in [9.17, 15) is 9.59 Å². The van der Waals surface area contributed by atoms with Gasteiger partial charge in [0.1, 0.15) is 11.6 Å². The fraction of sp³-hybridized carbons (Fsp3) is 0.714. The number of ether oxygens (including phenoxy) is 1. The van der Waals surface area contributed by atoms with Crippen molar-refractivity contribution in [2.45, 2.75) is 51.0 Å². The lowest BCUT2D eigenvalue weighted by molar-refractivity contribution is -0.126. The van der Waals surface area contributed by atoms with E-state index in [4.69, 9.17) is 11.2 Å². The van der Waals surface area contributed by atoms with Crippen LogP contribution < -0.4 is 5.32 Å². The Morgan fingerprint density at radius 3 is 2.60 bits per heavy atom. The molecule has 1 rings (SSSR count). The third-order valence-electron chi connectivity index (χ3n) is 2.79. The molecule has 1 saturated heterocycles. The number of nitrogens with one attached hydrogen (secondary N) is 1. The highest BCUT2D eigenvalue weighted by molar-refractivity contribution is 8.00. The zero-order valence-corrected chi connectivity index (χ0v) is 13.5. The van der Waals surface area contributed by atoms with Gasteiger partial charge in [-0.3, -0.25) is 9.69 Å². The lowest BCUT2D eigenvalue weighted by atomic mass is 10.0. The third kappa shape index (κ3) is 4.07. The predicted octanol–water partition coefficient (Wildman–Crippen LogP) is 1.82. The molecule has 1 N–H and O–H groups in total. The van der Waals surface area contributed by atoms with E-state index in [0.29, 0.717) is 5.88 Å². The summed E-state index contributed by atoms with van der Waals surface area (Å²) in [6.45, 7) is 9.41. The van der Waals surface area contributed by atoms with Crippen molar-refractivity contribution >= 4 is 23.8 Å². The maximum absolute atomic E-state index is 12.2. The summed E-state index contributed by atoms with van der Waals surface area (Å²) in [4.78, 5) is 25.9. The molecule has 1 aliphatic heterocycles. The van der Waals surface area contributed by atoms with Gasteiger partial charge in [0.05, 0.1) is 12.4 Å². The second-order valence-corrected chi connectivity index (χ2v) is 7.75. The normalized spacial score (nSPS) is 21.2. The number of hydrogen-bond acceptors (Lipinski definition) is 4. The van der Waals surface area contributed by atoms with E-state index in [0.717, 1.165) is 0 Å². The maximum atomic E-state index is 12.2. The summed E-state index contributed by atoms with van der Waals surface area (Å²) in [6.07, 6.45) is 4.67. The average molecular weight is 298 g/mol. The Bertz CT molecular complexity index is 435. The van der Waals surface area contributed by atoms with E-state index in [2.05, 4.69) is 11.2 Å². The molecule has 0 radical (unpaired) electrons. The van der Waals surface area contributed by atoms with Crippen LogP contribution in [0.5, 0.6) is 0 Å². The van der Waals surface area contributed by atoms with E-state index in [1.807, 2.05) is 13.8 Å². The molecule has 0 aromatic heterocycles. The summed E-state index contributed by atoms with van der Waals surface area (Å²) >= 11 is 1.54. The molecule has 0 saturated carbocycles. The minimum absolute atomic E-state index is 0.151. The first-order valence-corrected chi connectivity index (χ1v) is 7.42. The Labute approximate surface area is 124 Å².